The Balaban J connectivity index is 2.66. The van der Waals surface area contributed by atoms with Gasteiger partial charge in [0.2, 0.25) is 0 Å². The number of ether oxygens (including phenoxy) is 1. The van der Waals surface area contributed by atoms with Crippen molar-refractivity contribution in [3.05, 3.63) is 42.0 Å². The van der Waals surface area contributed by atoms with Gasteiger partial charge in [-0.05, 0) is 31.4 Å². The van der Waals surface area contributed by atoms with Gasteiger partial charge in [-0.2, -0.15) is 0 Å². The zero-order valence-corrected chi connectivity index (χ0v) is 9.81. The largest absolute Gasteiger partial charge is 0.490 e. The molecule has 3 nitrogen and oxygen atoms in total. The number of fused-ring (bicyclic) bond motifs is 1. The van der Waals surface area contributed by atoms with Gasteiger partial charge in [0.15, 0.2) is 0 Å². The summed E-state index contributed by atoms with van der Waals surface area (Å²) in [5.74, 6) is -0.196. The Labute approximate surface area is 99.6 Å². The highest BCUT2D eigenvalue weighted by atomic mass is 16.5. The van der Waals surface area contributed by atoms with Crippen molar-refractivity contribution in [2.45, 2.75) is 20.0 Å². The van der Waals surface area contributed by atoms with Crippen LogP contribution in [0, 0.1) is 0 Å². The number of carbonyl (C=O) groups is 1. The summed E-state index contributed by atoms with van der Waals surface area (Å²) in [6.07, 6.45) is 0.0640. The zero-order valence-electron chi connectivity index (χ0n) is 9.81. The van der Waals surface area contributed by atoms with Crippen molar-refractivity contribution < 1.29 is 14.6 Å². The number of rotatable bonds is 3. The summed E-state index contributed by atoms with van der Waals surface area (Å²) in [4.78, 5) is 11.1. The van der Waals surface area contributed by atoms with Gasteiger partial charge in [0.25, 0.3) is 0 Å². The minimum absolute atomic E-state index is 0.0640. The van der Waals surface area contributed by atoms with Crippen LogP contribution in [-0.4, -0.2) is 17.2 Å². The van der Waals surface area contributed by atoms with Gasteiger partial charge in [-0.1, -0.05) is 24.3 Å². The van der Waals surface area contributed by atoms with Crippen LogP contribution < -0.4 is 4.74 Å². The lowest BCUT2D eigenvalue weighted by Crippen LogP contribution is -2.06. The normalized spacial score (nSPS) is 10.8. The molecule has 0 radical (unpaired) electrons. The van der Waals surface area contributed by atoms with Crippen LogP contribution in [0.1, 0.15) is 24.2 Å². The van der Waals surface area contributed by atoms with Crippen molar-refractivity contribution in [2.75, 3.05) is 0 Å². The molecule has 0 aromatic heterocycles. The summed E-state index contributed by atoms with van der Waals surface area (Å²) >= 11 is 0. The van der Waals surface area contributed by atoms with E-state index in [0.29, 0.717) is 10.9 Å². The second-order valence-electron chi connectivity index (χ2n) is 4.13. The highest BCUT2D eigenvalue weighted by molar-refractivity contribution is 6.05. The average Bonchev–Trinajstić information content (AvgIpc) is 2.28. The first kappa shape index (κ1) is 11.5. The minimum Gasteiger partial charge on any atom is -0.490 e. The molecule has 0 saturated carbocycles. The highest BCUT2D eigenvalue weighted by Crippen LogP contribution is 2.29. The van der Waals surface area contributed by atoms with E-state index < -0.39 is 5.97 Å². The van der Waals surface area contributed by atoms with Crippen molar-refractivity contribution >= 4 is 16.7 Å². The molecule has 0 atom stereocenters. The molecule has 88 valence electrons. The van der Waals surface area contributed by atoms with Gasteiger partial charge in [0.05, 0.1) is 11.7 Å². The molecular formula is C14H14O3. The topological polar surface area (TPSA) is 46.5 Å². The Hall–Kier alpha value is -2.03. The number of carboxylic acids is 1. The van der Waals surface area contributed by atoms with Crippen LogP contribution in [0.15, 0.2) is 36.4 Å². The Morgan fingerprint density at radius 2 is 1.76 bits per heavy atom. The zero-order chi connectivity index (χ0) is 12.4. The van der Waals surface area contributed by atoms with Gasteiger partial charge in [0, 0.05) is 5.39 Å². The lowest BCUT2D eigenvalue weighted by molar-refractivity contribution is 0.0699. The van der Waals surface area contributed by atoms with Crippen molar-refractivity contribution in [1.82, 2.24) is 0 Å². The first-order valence-corrected chi connectivity index (χ1v) is 5.51. The monoisotopic (exact) mass is 230 g/mol. The van der Waals surface area contributed by atoms with Crippen LogP contribution in [0.2, 0.25) is 0 Å². The molecule has 0 spiro atoms. The lowest BCUT2D eigenvalue weighted by atomic mass is 10.0. The van der Waals surface area contributed by atoms with Gasteiger partial charge in [0.1, 0.15) is 5.75 Å². The summed E-state index contributed by atoms with van der Waals surface area (Å²) in [7, 11) is 0. The van der Waals surface area contributed by atoms with E-state index in [-0.39, 0.29) is 6.10 Å². The first-order chi connectivity index (χ1) is 8.09. The summed E-state index contributed by atoms with van der Waals surface area (Å²) in [6.45, 7) is 3.89. The number of hydrogen-bond donors (Lipinski definition) is 1. The van der Waals surface area contributed by atoms with E-state index in [4.69, 9.17) is 9.84 Å². The summed E-state index contributed by atoms with van der Waals surface area (Å²) in [5, 5.41) is 10.7. The molecule has 0 bridgehead atoms. The molecular weight excluding hydrogens is 216 g/mol. The van der Waals surface area contributed by atoms with Crippen LogP contribution in [-0.2, 0) is 0 Å². The van der Waals surface area contributed by atoms with Gasteiger partial charge in [-0.3, -0.25) is 0 Å². The van der Waals surface area contributed by atoms with Crippen LogP contribution in [0.4, 0.5) is 0 Å². The van der Waals surface area contributed by atoms with Crippen LogP contribution in [0.3, 0.4) is 0 Å². The molecule has 0 fully saturated rings. The van der Waals surface area contributed by atoms with E-state index in [1.807, 2.05) is 32.0 Å². The van der Waals surface area contributed by atoms with Gasteiger partial charge in [-0.25, -0.2) is 4.79 Å². The molecule has 2 aromatic rings. The van der Waals surface area contributed by atoms with Gasteiger partial charge in [-0.15, -0.1) is 0 Å². The van der Waals surface area contributed by atoms with Crippen molar-refractivity contribution in [2.24, 2.45) is 0 Å². The molecule has 0 amide bonds. The third-order valence-electron chi connectivity index (χ3n) is 2.48. The number of hydrogen-bond acceptors (Lipinski definition) is 2. The predicted molar refractivity (Wildman–Crippen MR) is 66.7 cm³/mol. The molecule has 1 N–H and O–H groups in total. The number of benzene rings is 2. The van der Waals surface area contributed by atoms with E-state index in [1.54, 1.807) is 18.2 Å². The quantitative estimate of drug-likeness (QED) is 0.879. The Morgan fingerprint density at radius 3 is 2.35 bits per heavy atom. The summed E-state index contributed by atoms with van der Waals surface area (Å²) < 4.78 is 5.67. The fourth-order valence-electron chi connectivity index (χ4n) is 1.81. The Kier molecular flexibility index (Phi) is 3.00. The molecule has 0 aliphatic carbocycles. The number of aromatic carboxylic acids is 1. The van der Waals surface area contributed by atoms with Gasteiger partial charge < -0.3 is 9.84 Å². The second-order valence-corrected chi connectivity index (χ2v) is 4.13. The molecule has 0 aliphatic rings. The third kappa shape index (κ3) is 2.23. The molecule has 0 heterocycles. The lowest BCUT2D eigenvalue weighted by Gasteiger charge is -2.13. The van der Waals surface area contributed by atoms with Crippen LogP contribution in [0.25, 0.3) is 10.8 Å². The maximum atomic E-state index is 11.1. The van der Waals surface area contributed by atoms with Crippen LogP contribution >= 0.6 is 0 Å². The van der Waals surface area contributed by atoms with E-state index in [1.165, 1.54) is 0 Å². The minimum atomic E-state index is -0.919. The molecule has 0 saturated heterocycles. The second kappa shape index (κ2) is 4.45. The average molecular weight is 230 g/mol. The molecule has 0 aliphatic heterocycles. The fraction of sp³-hybridized carbons (Fsp3) is 0.214. The first-order valence-electron chi connectivity index (χ1n) is 5.51. The molecule has 0 unspecified atom stereocenters. The van der Waals surface area contributed by atoms with Crippen molar-refractivity contribution in [3.63, 3.8) is 0 Å². The Bertz CT molecular complexity index is 558. The molecule has 2 aromatic carbocycles. The van der Waals surface area contributed by atoms with Crippen molar-refractivity contribution in [3.8, 4) is 5.75 Å². The standard InChI is InChI=1S/C14H14O3/c1-9(2)17-13-8-7-12(14(15)16)10-5-3-4-6-11(10)13/h3-9H,1-2H3,(H,15,16). The van der Waals surface area contributed by atoms with Crippen molar-refractivity contribution in [1.29, 1.82) is 0 Å². The summed E-state index contributed by atoms with van der Waals surface area (Å²) in [6, 6.07) is 10.7. The van der Waals surface area contributed by atoms with Crippen LogP contribution in [0.5, 0.6) is 5.75 Å². The Morgan fingerprint density at radius 1 is 1.12 bits per heavy atom. The molecule has 3 heteroatoms. The van der Waals surface area contributed by atoms with E-state index in [2.05, 4.69) is 0 Å². The van der Waals surface area contributed by atoms with E-state index in [0.717, 1.165) is 11.1 Å². The fourth-order valence-corrected chi connectivity index (χ4v) is 1.81. The smallest absolute Gasteiger partial charge is 0.336 e. The van der Waals surface area contributed by atoms with E-state index in [9.17, 15) is 4.79 Å². The molecule has 17 heavy (non-hydrogen) atoms. The maximum absolute atomic E-state index is 11.1. The highest BCUT2D eigenvalue weighted by Gasteiger charge is 2.11. The molecule has 2 rings (SSSR count). The number of carboxylic acid groups (broad SMARTS) is 1. The third-order valence-corrected chi connectivity index (χ3v) is 2.48. The van der Waals surface area contributed by atoms with E-state index >= 15 is 0 Å². The SMILES string of the molecule is CC(C)Oc1ccc(C(=O)O)c2ccccc12. The maximum Gasteiger partial charge on any atom is 0.336 e. The predicted octanol–water partition coefficient (Wildman–Crippen LogP) is 3.33. The van der Waals surface area contributed by atoms with Gasteiger partial charge >= 0.3 is 5.97 Å². The summed E-state index contributed by atoms with van der Waals surface area (Å²) in [5.41, 5.74) is 0.303.